The van der Waals surface area contributed by atoms with Crippen molar-refractivity contribution in [2.75, 3.05) is 13.2 Å². The second kappa shape index (κ2) is 8.24. The molecule has 0 aromatic heterocycles. The summed E-state index contributed by atoms with van der Waals surface area (Å²) in [6.07, 6.45) is -4.44. The fraction of sp³-hybridized carbons (Fsp3) is 0.235. The number of benzene rings is 2. The van der Waals surface area contributed by atoms with Gasteiger partial charge < -0.3 is 14.8 Å². The lowest BCUT2D eigenvalue weighted by Gasteiger charge is -2.10. The van der Waals surface area contributed by atoms with Gasteiger partial charge in [-0.3, -0.25) is 4.79 Å². The highest BCUT2D eigenvalue weighted by atomic mass is 19.4. The maximum absolute atomic E-state index is 11.9. The molecule has 1 amide bonds. The lowest BCUT2D eigenvalue weighted by molar-refractivity contribution is -0.139. The molecule has 0 unspecified atom stereocenters. The monoisotopic (exact) mass is 339 g/mol. The minimum Gasteiger partial charge on any atom is -0.489 e. The van der Waals surface area contributed by atoms with Crippen LogP contribution in [0.1, 0.15) is 5.56 Å². The van der Waals surface area contributed by atoms with Gasteiger partial charge in [0.05, 0.1) is 0 Å². The molecule has 2 aromatic rings. The average molecular weight is 339 g/mol. The maximum Gasteiger partial charge on any atom is 0.405 e. The summed E-state index contributed by atoms with van der Waals surface area (Å²) in [7, 11) is 0. The van der Waals surface area contributed by atoms with Gasteiger partial charge in [0.2, 0.25) is 0 Å². The maximum atomic E-state index is 11.9. The Kier molecular flexibility index (Phi) is 6.06. The second-order valence-electron chi connectivity index (χ2n) is 4.93. The van der Waals surface area contributed by atoms with Gasteiger partial charge in [-0.05, 0) is 29.8 Å². The molecule has 128 valence electrons. The molecule has 1 N–H and O–H groups in total. The Hall–Kier alpha value is -2.70. The topological polar surface area (TPSA) is 47.6 Å². The van der Waals surface area contributed by atoms with Crippen LogP contribution in [0.4, 0.5) is 13.2 Å². The van der Waals surface area contributed by atoms with Crippen LogP contribution in [-0.2, 0) is 11.4 Å². The Morgan fingerprint density at radius 1 is 0.917 bits per heavy atom. The number of hydrogen-bond donors (Lipinski definition) is 1. The SMILES string of the molecule is O=C(COc1ccc(OCc2ccccc2)cc1)NCC(F)(F)F. The van der Waals surface area contributed by atoms with Crippen LogP contribution in [0.15, 0.2) is 54.6 Å². The number of hydrogen-bond acceptors (Lipinski definition) is 3. The molecule has 2 aromatic carbocycles. The van der Waals surface area contributed by atoms with Crippen molar-refractivity contribution in [2.24, 2.45) is 0 Å². The van der Waals surface area contributed by atoms with Gasteiger partial charge in [-0.1, -0.05) is 30.3 Å². The second-order valence-corrected chi connectivity index (χ2v) is 4.93. The zero-order valence-electron chi connectivity index (χ0n) is 12.7. The van der Waals surface area contributed by atoms with E-state index in [0.29, 0.717) is 18.1 Å². The number of rotatable bonds is 7. The smallest absolute Gasteiger partial charge is 0.405 e. The van der Waals surface area contributed by atoms with Crippen molar-refractivity contribution in [2.45, 2.75) is 12.8 Å². The van der Waals surface area contributed by atoms with Gasteiger partial charge >= 0.3 is 6.18 Å². The van der Waals surface area contributed by atoms with Crippen LogP contribution in [0.3, 0.4) is 0 Å². The van der Waals surface area contributed by atoms with Crippen LogP contribution in [0.2, 0.25) is 0 Å². The predicted molar refractivity (Wildman–Crippen MR) is 81.8 cm³/mol. The first-order valence-electron chi connectivity index (χ1n) is 7.15. The molecule has 0 spiro atoms. The van der Waals surface area contributed by atoms with E-state index in [1.807, 2.05) is 30.3 Å². The summed E-state index contributed by atoms with van der Waals surface area (Å²) >= 11 is 0. The molecule has 2 rings (SSSR count). The highest BCUT2D eigenvalue weighted by molar-refractivity contribution is 5.77. The number of alkyl halides is 3. The van der Waals surface area contributed by atoms with Crippen molar-refractivity contribution in [1.29, 1.82) is 0 Å². The molecule has 0 aliphatic rings. The Labute approximate surface area is 137 Å². The van der Waals surface area contributed by atoms with Gasteiger partial charge in [-0.2, -0.15) is 13.2 Å². The third-order valence-electron chi connectivity index (χ3n) is 2.93. The summed E-state index contributed by atoms with van der Waals surface area (Å²) in [6, 6.07) is 16.1. The van der Waals surface area contributed by atoms with Gasteiger partial charge in [-0.25, -0.2) is 0 Å². The summed E-state index contributed by atoms with van der Waals surface area (Å²) < 4.78 is 46.6. The van der Waals surface area contributed by atoms with Crippen molar-refractivity contribution in [3.05, 3.63) is 60.2 Å². The Morgan fingerprint density at radius 2 is 1.50 bits per heavy atom. The highest BCUT2D eigenvalue weighted by Crippen LogP contribution is 2.18. The first kappa shape index (κ1) is 17.7. The number of carbonyl (C=O) groups is 1. The van der Waals surface area contributed by atoms with Crippen LogP contribution in [-0.4, -0.2) is 25.2 Å². The normalized spacial score (nSPS) is 11.0. The standard InChI is InChI=1S/C17H16F3NO3/c18-17(19,20)12-21-16(22)11-24-15-8-6-14(7-9-15)23-10-13-4-2-1-3-5-13/h1-9H,10-12H2,(H,21,22). The molecule has 7 heteroatoms. The highest BCUT2D eigenvalue weighted by Gasteiger charge is 2.27. The van der Waals surface area contributed by atoms with E-state index in [4.69, 9.17) is 9.47 Å². The van der Waals surface area contributed by atoms with E-state index >= 15 is 0 Å². The molecule has 0 fully saturated rings. The molecule has 0 aliphatic carbocycles. The quantitative estimate of drug-likeness (QED) is 0.842. The average Bonchev–Trinajstić information content (AvgIpc) is 2.57. The van der Waals surface area contributed by atoms with Gasteiger partial charge in [0, 0.05) is 0 Å². The summed E-state index contributed by atoms with van der Waals surface area (Å²) in [4.78, 5) is 11.2. The van der Waals surface area contributed by atoms with Crippen LogP contribution < -0.4 is 14.8 Å². The molecule has 24 heavy (non-hydrogen) atoms. The summed E-state index contributed by atoms with van der Waals surface area (Å²) in [5.41, 5.74) is 1.03. The third kappa shape index (κ3) is 6.60. The van der Waals surface area contributed by atoms with Crippen molar-refractivity contribution in [3.8, 4) is 11.5 Å². The van der Waals surface area contributed by atoms with Gasteiger partial charge in [0.25, 0.3) is 5.91 Å². The van der Waals surface area contributed by atoms with E-state index in [-0.39, 0.29) is 0 Å². The van der Waals surface area contributed by atoms with Crippen LogP contribution in [0, 0.1) is 0 Å². The molecular formula is C17H16F3NO3. The van der Waals surface area contributed by atoms with E-state index < -0.39 is 25.2 Å². The molecule has 0 bridgehead atoms. The molecule has 0 radical (unpaired) electrons. The van der Waals surface area contributed by atoms with E-state index in [1.54, 1.807) is 29.6 Å². The number of amides is 1. The molecule has 0 heterocycles. The molecule has 0 aliphatic heterocycles. The van der Waals surface area contributed by atoms with E-state index in [0.717, 1.165) is 5.56 Å². The van der Waals surface area contributed by atoms with Crippen molar-refractivity contribution in [1.82, 2.24) is 5.32 Å². The zero-order valence-corrected chi connectivity index (χ0v) is 12.7. The number of carbonyl (C=O) groups excluding carboxylic acids is 1. The summed E-state index contributed by atoms with van der Waals surface area (Å²) in [5.74, 6) is 0.147. The number of nitrogens with one attached hydrogen (secondary N) is 1. The molecular weight excluding hydrogens is 323 g/mol. The fourth-order valence-corrected chi connectivity index (χ4v) is 1.77. The van der Waals surface area contributed by atoms with Crippen LogP contribution in [0.25, 0.3) is 0 Å². The van der Waals surface area contributed by atoms with Crippen molar-refractivity contribution in [3.63, 3.8) is 0 Å². The fourth-order valence-electron chi connectivity index (χ4n) is 1.77. The van der Waals surface area contributed by atoms with Crippen LogP contribution in [0.5, 0.6) is 11.5 Å². The summed E-state index contributed by atoms with van der Waals surface area (Å²) in [6.45, 7) is -1.44. The van der Waals surface area contributed by atoms with Crippen molar-refractivity contribution < 1.29 is 27.4 Å². The van der Waals surface area contributed by atoms with E-state index in [1.165, 1.54) is 0 Å². The van der Waals surface area contributed by atoms with Gasteiger partial charge in [-0.15, -0.1) is 0 Å². The van der Waals surface area contributed by atoms with Gasteiger partial charge in [0.15, 0.2) is 6.61 Å². The minimum absolute atomic E-state index is 0.365. The number of ether oxygens (including phenoxy) is 2. The lowest BCUT2D eigenvalue weighted by Crippen LogP contribution is -2.36. The molecule has 0 atom stereocenters. The third-order valence-corrected chi connectivity index (χ3v) is 2.93. The molecule has 4 nitrogen and oxygen atoms in total. The molecule has 0 saturated heterocycles. The lowest BCUT2D eigenvalue weighted by atomic mass is 10.2. The Morgan fingerprint density at radius 3 is 2.08 bits per heavy atom. The van der Waals surface area contributed by atoms with Gasteiger partial charge in [0.1, 0.15) is 24.7 Å². The molecule has 0 saturated carbocycles. The summed E-state index contributed by atoms with van der Waals surface area (Å²) in [5, 5.41) is 1.73. The first-order valence-corrected chi connectivity index (χ1v) is 7.15. The first-order chi connectivity index (χ1) is 11.4. The van der Waals surface area contributed by atoms with Crippen LogP contribution >= 0.6 is 0 Å². The minimum atomic E-state index is -4.44. The number of halogens is 3. The Balaban J connectivity index is 1.74. The Bertz CT molecular complexity index is 642. The van der Waals surface area contributed by atoms with E-state index in [2.05, 4.69) is 0 Å². The predicted octanol–water partition coefficient (Wildman–Crippen LogP) is 3.32. The zero-order chi connectivity index (χ0) is 17.4. The van der Waals surface area contributed by atoms with Crippen molar-refractivity contribution >= 4 is 5.91 Å². The largest absolute Gasteiger partial charge is 0.489 e. The van der Waals surface area contributed by atoms with E-state index in [9.17, 15) is 18.0 Å².